The first kappa shape index (κ1) is 14.7. The van der Waals surface area contributed by atoms with E-state index in [2.05, 4.69) is 34.8 Å². The molecule has 2 aromatic rings. The van der Waals surface area contributed by atoms with Crippen molar-refractivity contribution < 1.29 is 9.13 Å². The lowest BCUT2D eigenvalue weighted by Gasteiger charge is -2.08. The zero-order valence-corrected chi connectivity index (χ0v) is 13.3. The van der Waals surface area contributed by atoms with Gasteiger partial charge in [0.05, 0.1) is 22.1 Å². The number of rotatable bonds is 5. The second-order valence-corrected chi connectivity index (χ2v) is 6.08. The molecule has 0 aliphatic heterocycles. The van der Waals surface area contributed by atoms with Crippen LogP contribution in [0.4, 0.5) is 4.39 Å². The summed E-state index contributed by atoms with van der Waals surface area (Å²) in [6.07, 6.45) is 0. The molecule has 0 saturated heterocycles. The van der Waals surface area contributed by atoms with Crippen LogP contribution in [0.5, 0.6) is 0 Å². The average Bonchev–Trinajstić information content (AvgIpc) is 2.61. The van der Waals surface area contributed by atoms with Crippen molar-refractivity contribution in [1.82, 2.24) is 9.55 Å². The molecule has 1 aromatic heterocycles. The van der Waals surface area contributed by atoms with Gasteiger partial charge in [-0.2, -0.15) is 0 Å². The minimum absolute atomic E-state index is 0.293. The van der Waals surface area contributed by atoms with Crippen molar-refractivity contribution in [2.45, 2.75) is 20.4 Å². The number of aromatic nitrogens is 2. The summed E-state index contributed by atoms with van der Waals surface area (Å²) in [5, 5.41) is 0. The van der Waals surface area contributed by atoms with E-state index in [1.807, 2.05) is 4.57 Å². The number of nitrogens with one attached hydrogen (secondary N) is 1. The van der Waals surface area contributed by atoms with Crippen LogP contribution in [0.25, 0.3) is 11.0 Å². The number of hydrogen-bond acceptors (Lipinski definition) is 2. The van der Waals surface area contributed by atoms with Gasteiger partial charge in [0.25, 0.3) is 0 Å². The second-order valence-electron chi connectivity index (χ2n) is 4.83. The van der Waals surface area contributed by atoms with Crippen molar-refractivity contribution in [3.63, 3.8) is 0 Å². The van der Waals surface area contributed by atoms with Crippen LogP contribution in [0.1, 0.15) is 13.8 Å². The molecule has 0 radical (unpaired) electrons. The summed E-state index contributed by atoms with van der Waals surface area (Å²) in [5.74, 6) is 0.211. The maximum Gasteiger partial charge on any atom is 0.178 e. The Morgan fingerprint density at radius 2 is 2.21 bits per heavy atom. The largest absolute Gasteiger partial charge is 0.379 e. The summed E-state index contributed by atoms with van der Waals surface area (Å²) in [7, 11) is 0. The Bertz CT molecular complexity index is 635. The quantitative estimate of drug-likeness (QED) is 0.647. The topological polar surface area (TPSA) is 29.9 Å². The van der Waals surface area contributed by atoms with Gasteiger partial charge in [-0.1, -0.05) is 13.8 Å². The average molecular weight is 347 g/mol. The number of ether oxygens (including phenoxy) is 1. The molecule has 0 spiro atoms. The van der Waals surface area contributed by atoms with Crippen LogP contribution in [0.15, 0.2) is 16.6 Å². The standard InChI is InChI=1S/C13H16BrFN2OS/c1-8(2)7-18-4-3-17-12-6-10(15)9(14)5-11(12)16-13(17)19/h5-6,8H,3-4,7H2,1-2H3,(H,16,19). The summed E-state index contributed by atoms with van der Waals surface area (Å²) in [5.41, 5.74) is 1.58. The van der Waals surface area contributed by atoms with E-state index < -0.39 is 0 Å². The van der Waals surface area contributed by atoms with Gasteiger partial charge in [-0.3, -0.25) is 0 Å². The molecule has 0 atom stereocenters. The minimum Gasteiger partial charge on any atom is -0.379 e. The Morgan fingerprint density at radius 3 is 2.89 bits per heavy atom. The molecule has 0 bridgehead atoms. The van der Waals surface area contributed by atoms with E-state index in [4.69, 9.17) is 17.0 Å². The molecule has 0 aliphatic carbocycles. The first-order valence-corrected chi connectivity index (χ1v) is 7.34. The highest BCUT2D eigenvalue weighted by Crippen LogP contribution is 2.23. The summed E-state index contributed by atoms with van der Waals surface area (Å²) in [4.78, 5) is 3.07. The van der Waals surface area contributed by atoms with Crippen molar-refractivity contribution in [2.75, 3.05) is 13.2 Å². The van der Waals surface area contributed by atoms with Gasteiger partial charge >= 0.3 is 0 Å². The van der Waals surface area contributed by atoms with E-state index in [0.29, 0.717) is 28.3 Å². The number of hydrogen-bond donors (Lipinski definition) is 1. The normalized spacial score (nSPS) is 11.6. The predicted molar refractivity (Wildman–Crippen MR) is 80.4 cm³/mol. The molecule has 0 saturated carbocycles. The third-order valence-electron chi connectivity index (χ3n) is 2.73. The Labute approximate surface area is 124 Å². The monoisotopic (exact) mass is 346 g/mol. The van der Waals surface area contributed by atoms with E-state index >= 15 is 0 Å². The third-order valence-corrected chi connectivity index (χ3v) is 3.66. The van der Waals surface area contributed by atoms with Crippen molar-refractivity contribution in [3.05, 3.63) is 27.2 Å². The van der Waals surface area contributed by atoms with Gasteiger partial charge in [0, 0.05) is 19.2 Å². The van der Waals surface area contributed by atoms with E-state index in [1.54, 1.807) is 6.07 Å². The fourth-order valence-electron chi connectivity index (χ4n) is 1.85. The number of nitrogens with zero attached hydrogens (tertiary/aromatic N) is 1. The molecule has 0 aliphatic rings. The lowest BCUT2D eigenvalue weighted by atomic mass is 10.2. The van der Waals surface area contributed by atoms with E-state index in [0.717, 1.165) is 17.6 Å². The van der Waals surface area contributed by atoms with Crippen molar-refractivity contribution in [2.24, 2.45) is 5.92 Å². The van der Waals surface area contributed by atoms with Crippen LogP contribution < -0.4 is 0 Å². The van der Waals surface area contributed by atoms with Gasteiger partial charge in [-0.15, -0.1) is 0 Å². The Hall–Kier alpha value is -0.720. The summed E-state index contributed by atoms with van der Waals surface area (Å²) >= 11 is 8.42. The molecule has 19 heavy (non-hydrogen) atoms. The number of aromatic amines is 1. The molecule has 3 nitrogen and oxygen atoms in total. The van der Waals surface area contributed by atoms with Gasteiger partial charge in [-0.05, 0) is 40.1 Å². The molecule has 104 valence electrons. The Morgan fingerprint density at radius 1 is 1.47 bits per heavy atom. The van der Waals surface area contributed by atoms with Gasteiger partial charge in [0.15, 0.2) is 4.77 Å². The number of halogens is 2. The maximum atomic E-state index is 13.6. The van der Waals surface area contributed by atoms with Gasteiger partial charge in [0.2, 0.25) is 0 Å². The molecule has 1 N–H and O–H groups in total. The lowest BCUT2D eigenvalue weighted by Crippen LogP contribution is -2.09. The molecule has 2 rings (SSSR count). The summed E-state index contributed by atoms with van der Waals surface area (Å²) in [6, 6.07) is 3.18. The molecular weight excluding hydrogens is 331 g/mol. The number of H-pyrrole nitrogens is 1. The van der Waals surface area contributed by atoms with E-state index in [-0.39, 0.29) is 5.82 Å². The molecule has 0 fully saturated rings. The lowest BCUT2D eigenvalue weighted by molar-refractivity contribution is 0.103. The van der Waals surface area contributed by atoms with Crippen LogP contribution in [0.3, 0.4) is 0 Å². The fourth-order valence-corrected chi connectivity index (χ4v) is 2.49. The molecule has 1 heterocycles. The SMILES string of the molecule is CC(C)COCCn1c(=S)[nH]c2cc(Br)c(F)cc21. The molecule has 1 aromatic carbocycles. The third kappa shape index (κ3) is 3.43. The van der Waals surface area contributed by atoms with Gasteiger partial charge in [-0.25, -0.2) is 4.39 Å². The zero-order valence-electron chi connectivity index (χ0n) is 10.9. The highest BCUT2D eigenvalue weighted by atomic mass is 79.9. The summed E-state index contributed by atoms with van der Waals surface area (Å²) in [6.45, 7) is 6.10. The predicted octanol–water partition coefficient (Wildman–Crippen LogP) is 4.27. The maximum absolute atomic E-state index is 13.6. The number of imidazole rings is 1. The molecule has 0 amide bonds. The van der Waals surface area contributed by atoms with Gasteiger partial charge in [0.1, 0.15) is 5.82 Å². The Kier molecular flexibility index (Phi) is 4.76. The smallest absolute Gasteiger partial charge is 0.178 e. The number of fused-ring (bicyclic) bond motifs is 1. The van der Waals surface area contributed by atoms with Crippen LogP contribution >= 0.6 is 28.1 Å². The van der Waals surface area contributed by atoms with Crippen LogP contribution in [0, 0.1) is 16.5 Å². The highest BCUT2D eigenvalue weighted by molar-refractivity contribution is 9.10. The second kappa shape index (κ2) is 6.15. The molecular formula is C13H16BrFN2OS. The van der Waals surface area contributed by atoms with Crippen molar-refractivity contribution >= 4 is 39.2 Å². The fraction of sp³-hybridized carbons (Fsp3) is 0.462. The van der Waals surface area contributed by atoms with Crippen molar-refractivity contribution in [1.29, 1.82) is 0 Å². The summed E-state index contributed by atoms with van der Waals surface area (Å²) < 4.78 is 22.0. The molecule has 0 unspecified atom stereocenters. The van der Waals surface area contributed by atoms with Crippen LogP contribution in [0.2, 0.25) is 0 Å². The first-order chi connectivity index (χ1) is 8.99. The van der Waals surface area contributed by atoms with Gasteiger partial charge < -0.3 is 14.3 Å². The zero-order chi connectivity index (χ0) is 14.0. The van der Waals surface area contributed by atoms with Crippen LogP contribution in [-0.2, 0) is 11.3 Å². The van der Waals surface area contributed by atoms with E-state index in [9.17, 15) is 4.39 Å². The Balaban J connectivity index is 2.20. The first-order valence-electron chi connectivity index (χ1n) is 6.14. The van der Waals surface area contributed by atoms with Crippen molar-refractivity contribution in [3.8, 4) is 0 Å². The highest BCUT2D eigenvalue weighted by Gasteiger charge is 2.08. The number of benzene rings is 1. The van der Waals surface area contributed by atoms with Crippen LogP contribution in [-0.4, -0.2) is 22.8 Å². The van der Waals surface area contributed by atoms with E-state index in [1.165, 1.54) is 6.07 Å². The molecule has 6 heteroatoms. The minimum atomic E-state index is -0.293.